The van der Waals surface area contributed by atoms with Gasteiger partial charge in [0.15, 0.2) is 11.5 Å². The number of ether oxygens (including phenoxy) is 1. The van der Waals surface area contributed by atoms with E-state index in [4.69, 9.17) is 32.5 Å². The minimum atomic E-state index is -1.27. The van der Waals surface area contributed by atoms with Crippen LogP contribution in [-0.4, -0.2) is 65.1 Å². The van der Waals surface area contributed by atoms with E-state index in [0.29, 0.717) is 27.9 Å². The van der Waals surface area contributed by atoms with E-state index in [0.717, 1.165) is 10.5 Å². The van der Waals surface area contributed by atoms with E-state index >= 15 is 0 Å². The van der Waals surface area contributed by atoms with Crippen LogP contribution in [0.2, 0.25) is 10.0 Å². The molecule has 3 aromatic rings. The molecule has 2 atom stereocenters. The van der Waals surface area contributed by atoms with Gasteiger partial charge >= 0.3 is 12.0 Å². The van der Waals surface area contributed by atoms with E-state index in [1.165, 1.54) is 29.2 Å². The van der Waals surface area contributed by atoms with Gasteiger partial charge in [0.2, 0.25) is 0 Å². The molecule has 0 saturated carbocycles. The molecule has 3 amide bonds. The third kappa shape index (κ3) is 4.63. The van der Waals surface area contributed by atoms with Gasteiger partial charge in [-0.15, -0.1) is 0 Å². The minimum absolute atomic E-state index is 0.0534. The van der Waals surface area contributed by atoms with Crippen LogP contribution in [0, 0.1) is 11.3 Å². The molecule has 5 rings (SSSR count). The van der Waals surface area contributed by atoms with E-state index in [1.54, 1.807) is 38.2 Å². The average Bonchev–Trinajstić information content (AvgIpc) is 3.58. The first kappa shape index (κ1) is 26.7. The fourth-order valence-electron chi connectivity index (χ4n) is 5.32. The number of esters is 1. The summed E-state index contributed by atoms with van der Waals surface area (Å²) in [6.07, 6.45) is 0. The van der Waals surface area contributed by atoms with Crippen LogP contribution >= 0.6 is 23.2 Å². The minimum Gasteiger partial charge on any atom is -0.461 e. The molecule has 12 heteroatoms. The number of halogens is 2. The second-order valence-corrected chi connectivity index (χ2v) is 10.3. The van der Waals surface area contributed by atoms with Crippen LogP contribution in [0.4, 0.5) is 10.5 Å². The highest BCUT2D eigenvalue weighted by Crippen LogP contribution is 2.47. The van der Waals surface area contributed by atoms with Crippen LogP contribution < -0.4 is 4.90 Å². The zero-order valence-corrected chi connectivity index (χ0v) is 22.6. The van der Waals surface area contributed by atoms with Crippen molar-refractivity contribution < 1.29 is 23.6 Å². The van der Waals surface area contributed by atoms with Gasteiger partial charge < -0.3 is 14.2 Å². The van der Waals surface area contributed by atoms with Crippen LogP contribution in [0.3, 0.4) is 0 Å². The monoisotopic (exact) mass is 567 g/mol. The summed E-state index contributed by atoms with van der Waals surface area (Å²) in [6, 6.07) is 14.6. The maximum Gasteiger partial charge on any atom is 0.360 e. The number of nitrogens with zero attached hydrogens (tertiary/aromatic N) is 5. The van der Waals surface area contributed by atoms with Gasteiger partial charge in [-0.05, 0) is 42.8 Å². The van der Waals surface area contributed by atoms with Crippen molar-refractivity contribution in [3.05, 3.63) is 81.2 Å². The van der Waals surface area contributed by atoms with Crippen LogP contribution in [-0.2, 0) is 16.1 Å². The summed E-state index contributed by atoms with van der Waals surface area (Å²) >= 11 is 12.4. The summed E-state index contributed by atoms with van der Waals surface area (Å²) in [4.78, 5) is 44.4. The van der Waals surface area contributed by atoms with Crippen molar-refractivity contribution in [2.45, 2.75) is 24.9 Å². The second-order valence-electron chi connectivity index (χ2n) is 9.39. The molecule has 2 fully saturated rings. The first-order valence-corrected chi connectivity index (χ1v) is 12.9. The normalized spacial score (nSPS) is 21.2. The van der Waals surface area contributed by atoms with Crippen molar-refractivity contribution in [3.63, 3.8) is 0 Å². The third-order valence-corrected chi connectivity index (χ3v) is 7.54. The lowest BCUT2D eigenvalue weighted by atomic mass is 9.80. The highest BCUT2D eigenvalue weighted by Gasteiger charge is 2.64. The molecule has 0 bridgehead atoms. The summed E-state index contributed by atoms with van der Waals surface area (Å²) in [6.45, 7) is 2.70. The van der Waals surface area contributed by atoms with Crippen molar-refractivity contribution in [3.8, 4) is 6.07 Å². The maximum absolute atomic E-state index is 14.2. The molecule has 1 aromatic heterocycles. The first-order chi connectivity index (χ1) is 18.7. The highest BCUT2D eigenvalue weighted by molar-refractivity contribution is 6.35. The zero-order valence-electron chi connectivity index (χ0n) is 21.1. The van der Waals surface area contributed by atoms with Crippen molar-refractivity contribution in [1.82, 2.24) is 15.0 Å². The number of anilines is 1. The van der Waals surface area contributed by atoms with Gasteiger partial charge in [0.25, 0.3) is 5.91 Å². The van der Waals surface area contributed by atoms with Crippen LogP contribution in [0.1, 0.15) is 40.2 Å². The number of carbonyl (C=O) groups excluding carboxylic acids is 3. The van der Waals surface area contributed by atoms with E-state index < -0.39 is 29.4 Å². The Morgan fingerprint density at radius 3 is 2.51 bits per heavy atom. The zero-order chi connectivity index (χ0) is 27.9. The summed E-state index contributed by atoms with van der Waals surface area (Å²) in [5.41, 5.74) is 0.327. The molecular formula is C27H23Cl2N5O5. The summed E-state index contributed by atoms with van der Waals surface area (Å²) in [5.74, 6) is -1.05. The Bertz CT molecular complexity index is 1480. The number of benzene rings is 2. The number of carbonyl (C=O) groups is 3. The Morgan fingerprint density at radius 1 is 1.18 bits per heavy atom. The third-order valence-electron chi connectivity index (χ3n) is 7.10. The Balaban J connectivity index is 1.52. The number of hydrogen-bond donors (Lipinski definition) is 0. The van der Waals surface area contributed by atoms with E-state index in [-0.39, 0.29) is 31.1 Å². The smallest absolute Gasteiger partial charge is 0.360 e. The van der Waals surface area contributed by atoms with Gasteiger partial charge in [0.1, 0.15) is 5.54 Å². The lowest BCUT2D eigenvalue weighted by Gasteiger charge is -2.34. The summed E-state index contributed by atoms with van der Waals surface area (Å²) < 4.78 is 10.4. The molecule has 10 nitrogen and oxygen atoms in total. The number of nitriles is 1. The van der Waals surface area contributed by atoms with Crippen LogP contribution in [0.15, 0.2) is 53.1 Å². The predicted molar refractivity (Wildman–Crippen MR) is 141 cm³/mol. The molecule has 39 heavy (non-hydrogen) atoms. The quantitative estimate of drug-likeness (QED) is 0.316. The standard InChI is InChI=1S/C27H23Cl2N5O5/c1-3-38-24(35)23-11-21(39-31-23)13-33-14-22(17-6-4-16(12-30)5-7-17)27(15-33)25(36)34(26(37)32(27)2)20-9-18(28)8-19(29)10-20/h4-11,22H,3,13-15H2,1-2H3. The van der Waals surface area contributed by atoms with E-state index in [2.05, 4.69) is 11.2 Å². The molecule has 0 radical (unpaired) electrons. The summed E-state index contributed by atoms with van der Waals surface area (Å²) in [5, 5.41) is 13.6. The van der Waals surface area contributed by atoms with Gasteiger partial charge in [0, 0.05) is 42.2 Å². The molecular weight excluding hydrogens is 545 g/mol. The van der Waals surface area contributed by atoms with Crippen molar-refractivity contribution in [2.75, 3.05) is 31.6 Å². The molecule has 200 valence electrons. The van der Waals surface area contributed by atoms with Gasteiger partial charge in [0.05, 0.1) is 30.5 Å². The van der Waals surface area contributed by atoms with Gasteiger partial charge in [-0.2, -0.15) is 5.26 Å². The Kier molecular flexibility index (Phi) is 7.07. The Hall–Kier alpha value is -3.91. The van der Waals surface area contributed by atoms with E-state index in [9.17, 15) is 19.6 Å². The number of rotatable bonds is 6. The van der Waals surface area contributed by atoms with Crippen LogP contribution in [0.25, 0.3) is 0 Å². The number of amides is 3. The lowest BCUT2D eigenvalue weighted by Crippen LogP contribution is -2.53. The van der Waals surface area contributed by atoms with Crippen LogP contribution in [0.5, 0.6) is 0 Å². The Labute approximate surface area is 234 Å². The molecule has 2 aromatic carbocycles. The fourth-order valence-corrected chi connectivity index (χ4v) is 5.84. The topological polar surface area (TPSA) is 120 Å². The van der Waals surface area contributed by atoms with Crippen molar-refractivity contribution in [2.24, 2.45) is 0 Å². The molecule has 3 heterocycles. The molecule has 2 saturated heterocycles. The highest BCUT2D eigenvalue weighted by atomic mass is 35.5. The van der Waals surface area contributed by atoms with Gasteiger partial charge in [-0.1, -0.05) is 40.5 Å². The number of likely N-dealkylation sites (tertiary alicyclic amines) is 1. The largest absolute Gasteiger partial charge is 0.461 e. The maximum atomic E-state index is 14.2. The van der Waals surface area contributed by atoms with Gasteiger partial charge in [-0.25, -0.2) is 14.5 Å². The van der Waals surface area contributed by atoms with Gasteiger partial charge in [-0.3, -0.25) is 9.69 Å². The number of imide groups is 1. The average molecular weight is 568 g/mol. The SMILES string of the molecule is CCOC(=O)c1cc(CN2CC(c3ccc(C#N)cc3)C3(C2)C(=O)N(c2cc(Cl)cc(Cl)c2)C(=O)N3C)on1. The second kappa shape index (κ2) is 10.3. The predicted octanol–water partition coefficient (Wildman–Crippen LogP) is 4.47. The molecule has 1 spiro atoms. The molecule has 2 aliphatic rings. The van der Waals surface area contributed by atoms with Crippen molar-refractivity contribution in [1.29, 1.82) is 5.26 Å². The number of aromatic nitrogens is 1. The lowest BCUT2D eigenvalue weighted by molar-refractivity contribution is -0.124. The fraction of sp³-hybridized carbons (Fsp3) is 0.296. The first-order valence-electron chi connectivity index (χ1n) is 12.1. The number of hydrogen-bond acceptors (Lipinski definition) is 8. The molecule has 2 unspecified atom stereocenters. The molecule has 0 N–H and O–H groups in total. The molecule has 0 aliphatic carbocycles. The number of urea groups is 1. The summed E-state index contributed by atoms with van der Waals surface area (Å²) in [7, 11) is 1.60. The van der Waals surface area contributed by atoms with E-state index in [1.807, 2.05) is 4.90 Å². The van der Waals surface area contributed by atoms with Crippen molar-refractivity contribution >= 4 is 46.8 Å². The molecule has 2 aliphatic heterocycles. The Morgan fingerprint density at radius 2 is 1.87 bits per heavy atom. The number of likely N-dealkylation sites (N-methyl/N-ethyl adjacent to an activating group) is 1.